The number of anilines is 1. The summed E-state index contributed by atoms with van der Waals surface area (Å²) in [7, 11) is -3.75. The Balaban J connectivity index is 1.72. The van der Waals surface area contributed by atoms with E-state index in [2.05, 4.69) is 4.72 Å². The molecule has 0 saturated carbocycles. The van der Waals surface area contributed by atoms with Gasteiger partial charge in [-0.2, -0.15) is 0 Å². The number of hydrogen-bond donors (Lipinski definition) is 2. The van der Waals surface area contributed by atoms with Crippen LogP contribution in [0.1, 0.15) is 23.2 Å². The number of nitrogens with zero attached hydrogens (tertiary/aromatic N) is 1. The molecule has 0 bridgehead atoms. The maximum absolute atomic E-state index is 12.7. The fraction of sp³-hybridized carbons (Fsp3) is 0.263. The molecule has 1 aliphatic rings. The molecule has 1 heterocycles. The molecule has 0 atom stereocenters. The first-order valence-electron chi connectivity index (χ1n) is 8.74. The number of piperidine rings is 1. The molecule has 2 aromatic rings. The summed E-state index contributed by atoms with van der Waals surface area (Å²) in [6, 6.07) is 12.3. The highest BCUT2D eigenvalue weighted by Crippen LogP contribution is 2.26. The lowest BCUT2D eigenvalue weighted by atomic mass is 9.96. The Bertz CT molecular complexity index is 987. The van der Waals surface area contributed by atoms with Crippen LogP contribution in [0, 0.1) is 5.92 Å². The number of nitrogens with two attached hydrogens (primary N) is 1. The summed E-state index contributed by atoms with van der Waals surface area (Å²) in [4.78, 5) is 25.7. The van der Waals surface area contributed by atoms with Crippen molar-refractivity contribution in [2.45, 2.75) is 17.7 Å². The number of sulfonamides is 1. The highest BCUT2D eigenvalue weighted by Gasteiger charge is 2.27. The summed E-state index contributed by atoms with van der Waals surface area (Å²) in [5, 5.41) is 0.148. The van der Waals surface area contributed by atoms with Crippen LogP contribution in [0.15, 0.2) is 53.4 Å². The number of rotatable bonds is 5. The molecule has 148 valence electrons. The predicted octanol–water partition coefficient (Wildman–Crippen LogP) is 2.48. The maximum Gasteiger partial charge on any atom is 0.261 e. The molecule has 0 radical (unpaired) electrons. The zero-order valence-electron chi connectivity index (χ0n) is 15.0. The van der Waals surface area contributed by atoms with Crippen LogP contribution in [-0.4, -0.2) is 38.2 Å². The lowest BCUT2D eigenvalue weighted by Crippen LogP contribution is -2.41. The first-order valence-corrected chi connectivity index (χ1v) is 10.6. The molecule has 0 aliphatic carbocycles. The first-order chi connectivity index (χ1) is 13.3. The van der Waals surface area contributed by atoms with Crippen molar-refractivity contribution in [1.82, 2.24) is 4.90 Å². The predicted molar refractivity (Wildman–Crippen MR) is 107 cm³/mol. The largest absolute Gasteiger partial charge is 0.369 e. The number of carbonyl (C=O) groups excluding carboxylic acids is 2. The van der Waals surface area contributed by atoms with Gasteiger partial charge >= 0.3 is 0 Å². The third kappa shape index (κ3) is 4.45. The van der Waals surface area contributed by atoms with Crippen LogP contribution in [0.5, 0.6) is 0 Å². The van der Waals surface area contributed by atoms with Crippen LogP contribution in [0.3, 0.4) is 0 Å². The normalized spacial score (nSPS) is 15.2. The second kappa shape index (κ2) is 8.20. The molecule has 3 rings (SSSR count). The maximum atomic E-state index is 12.7. The van der Waals surface area contributed by atoms with E-state index in [9.17, 15) is 18.0 Å². The number of halogens is 1. The second-order valence-electron chi connectivity index (χ2n) is 6.58. The Kier molecular flexibility index (Phi) is 5.90. The lowest BCUT2D eigenvalue weighted by molar-refractivity contribution is -0.123. The SMILES string of the molecule is NC(=O)C1CCN(C(=O)c2ccc(NS(=O)(=O)c3ccccc3)cc2Cl)CC1. The minimum Gasteiger partial charge on any atom is -0.369 e. The van der Waals surface area contributed by atoms with Crippen LogP contribution < -0.4 is 10.5 Å². The van der Waals surface area contributed by atoms with Crippen LogP contribution >= 0.6 is 11.6 Å². The molecule has 0 aromatic heterocycles. The highest BCUT2D eigenvalue weighted by molar-refractivity contribution is 7.92. The number of primary amides is 1. The molecular weight excluding hydrogens is 402 g/mol. The Hall–Kier alpha value is -2.58. The molecule has 9 heteroatoms. The Morgan fingerprint density at radius 1 is 1.07 bits per heavy atom. The van der Waals surface area contributed by atoms with Gasteiger partial charge in [0, 0.05) is 19.0 Å². The van der Waals surface area contributed by atoms with Crippen molar-refractivity contribution in [3.8, 4) is 0 Å². The Labute approximate surface area is 168 Å². The molecule has 1 aliphatic heterocycles. The fourth-order valence-electron chi connectivity index (χ4n) is 3.10. The van der Waals surface area contributed by atoms with Gasteiger partial charge in [-0.05, 0) is 43.2 Å². The van der Waals surface area contributed by atoms with E-state index in [0.717, 1.165) is 0 Å². The van der Waals surface area contributed by atoms with E-state index in [4.69, 9.17) is 17.3 Å². The van der Waals surface area contributed by atoms with Crippen LogP contribution in [0.2, 0.25) is 5.02 Å². The summed E-state index contributed by atoms with van der Waals surface area (Å²) < 4.78 is 27.2. The molecule has 7 nitrogen and oxygen atoms in total. The van der Waals surface area contributed by atoms with E-state index in [1.54, 1.807) is 23.1 Å². The second-order valence-corrected chi connectivity index (χ2v) is 8.67. The van der Waals surface area contributed by atoms with E-state index in [-0.39, 0.29) is 38.9 Å². The standard InChI is InChI=1S/C19H20ClN3O4S/c20-17-12-14(22-28(26,27)15-4-2-1-3-5-15)6-7-16(17)19(25)23-10-8-13(9-11-23)18(21)24/h1-7,12-13,22H,8-11H2,(H2,21,24). The molecule has 28 heavy (non-hydrogen) atoms. The van der Waals surface area contributed by atoms with E-state index >= 15 is 0 Å². The quantitative estimate of drug-likeness (QED) is 0.772. The summed E-state index contributed by atoms with van der Waals surface area (Å²) in [6.45, 7) is 0.844. The van der Waals surface area contributed by atoms with E-state index in [1.165, 1.54) is 30.3 Å². The van der Waals surface area contributed by atoms with Gasteiger partial charge in [0.25, 0.3) is 15.9 Å². The smallest absolute Gasteiger partial charge is 0.261 e. The monoisotopic (exact) mass is 421 g/mol. The van der Waals surface area contributed by atoms with Crippen molar-refractivity contribution in [3.63, 3.8) is 0 Å². The molecular formula is C19H20ClN3O4S. The lowest BCUT2D eigenvalue weighted by Gasteiger charge is -2.30. The van der Waals surface area contributed by atoms with Gasteiger partial charge in [-0.3, -0.25) is 14.3 Å². The van der Waals surface area contributed by atoms with Crippen molar-refractivity contribution in [1.29, 1.82) is 0 Å². The number of carbonyl (C=O) groups is 2. The summed E-state index contributed by atoms with van der Waals surface area (Å²) in [5.41, 5.74) is 5.85. The van der Waals surface area contributed by atoms with Crippen molar-refractivity contribution in [2.24, 2.45) is 11.7 Å². The molecule has 0 unspecified atom stereocenters. The molecule has 2 amide bonds. The number of nitrogens with one attached hydrogen (secondary N) is 1. The van der Waals surface area contributed by atoms with Crippen molar-refractivity contribution in [2.75, 3.05) is 17.8 Å². The third-order valence-corrected chi connectivity index (χ3v) is 6.40. The average Bonchev–Trinajstić information content (AvgIpc) is 2.68. The van der Waals surface area contributed by atoms with Crippen LogP contribution in [0.25, 0.3) is 0 Å². The first kappa shape index (κ1) is 20.2. The van der Waals surface area contributed by atoms with Gasteiger partial charge in [0.1, 0.15) is 0 Å². The Morgan fingerprint density at radius 3 is 2.29 bits per heavy atom. The molecule has 1 fully saturated rings. The van der Waals surface area contributed by atoms with Gasteiger partial charge in [0.05, 0.1) is 21.2 Å². The zero-order chi connectivity index (χ0) is 20.3. The molecule has 1 saturated heterocycles. The fourth-order valence-corrected chi connectivity index (χ4v) is 4.44. The van der Waals surface area contributed by atoms with Crippen molar-refractivity contribution in [3.05, 3.63) is 59.1 Å². The number of hydrogen-bond acceptors (Lipinski definition) is 4. The van der Waals surface area contributed by atoms with Crippen LogP contribution in [0.4, 0.5) is 5.69 Å². The number of benzene rings is 2. The van der Waals surface area contributed by atoms with E-state index in [0.29, 0.717) is 25.9 Å². The van der Waals surface area contributed by atoms with Gasteiger partial charge in [0.2, 0.25) is 5.91 Å². The van der Waals surface area contributed by atoms with Gasteiger partial charge in [-0.15, -0.1) is 0 Å². The minimum atomic E-state index is -3.75. The number of amides is 2. The molecule has 3 N–H and O–H groups in total. The number of likely N-dealkylation sites (tertiary alicyclic amines) is 1. The summed E-state index contributed by atoms with van der Waals surface area (Å²) in [6.07, 6.45) is 1.04. The van der Waals surface area contributed by atoms with E-state index < -0.39 is 10.0 Å². The Morgan fingerprint density at radius 2 is 1.71 bits per heavy atom. The van der Waals surface area contributed by atoms with Crippen molar-refractivity contribution < 1.29 is 18.0 Å². The third-order valence-electron chi connectivity index (χ3n) is 4.69. The minimum absolute atomic E-state index is 0.128. The zero-order valence-corrected chi connectivity index (χ0v) is 16.5. The topological polar surface area (TPSA) is 110 Å². The van der Waals surface area contributed by atoms with Crippen LogP contribution in [-0.2, 0) is 14.8 Å². The summed E-state index contributed by atoms with van der Waals surface area (Å²) in [5.74, 6) is -0.820. The summed E-state index contributed by atoms with van der Waals surface area (Å²) >= 11 is 6.24. The van der Waals surface area contributed by atoms with Crippen molar-refractivity contribution >= 4 is 39.1 Å². The van der Waals surface area contributed by atoms with E-state index in [1.807, 2.05) is 0 Å². The molecule has 0 spiro atoms. The van der Waals surface area contributed by atoms with Gasteiger partial charge in [0.15, 0.2) is 0 Å². The van der Waals surface area contributed by atoms with Gasteiger partial charge in [-0.1, -0.05) is 29.8 Å². The highest BCUT2D eigenvalue weighted by atomic mass is 35.5. The van der Waals surface area contributed by atoms with Gasteiger partial charge in [-0.25, -0.2) is 8.42 Å². The average molecular weight is 422 g/mol. The van der Waals surface area contributed by atoms with Gasteiger partial charge < -0.3 is 10.6 Å². The molecule has 2 aromatic carbocycles.